The molecule has 8 nitrogen and oxygen atoms in total. The summed E-state index contributed by atoms with van der Waals surface area (Å²) in [5, 5.41) is 7.92. The van der Waals surface area contributed by atoms with E-state index in [4.69, 9.17) is 0 Å². The molecular weight excluding hydrogens is 392 g/mol. The Bertz CT molecular complexity index is 1170. The van der Waals surface area contributed by atoms with Crippen LogP contribution in [0, 0.1) is 6.92 Å². The molecule has 0 fully saturated rings. The van der Waals surface area contributed by atoms with Crippen molar-refractivity contribution in [3.63, 3.8) is 0 Å². The summed E-state index contributed by atoms with van der Waals surface area (Å²) in [5.41, 5.74) is 1.12. The molecular formula is C20H22N4O4S. The Labute approximate surface area is 168 Å². The van der Waals surface area contributed by atoms with E-state index in [2.05, 4.69) is 15.1 Å². The molecule has 9 heteroatoms. The summed E-state index contributed by atoms with van der Waals surface area (Å²) in [6.07, 6.45) is 0. The lowest BCUT2D eigenvalue weighted by Crippen LogP contribution is -2.38. The van der Waals surface area contributed by atoms with Crippen LogP contribution in [0.3, 0.4) is 0 Å². The van der Waals surface area contributed by atoms with Crippen LogP contribution in [0.1, 0.15) is 11.3 Å². The number of hydrogen-bond acceptors (Lipinski definition) is 5. The molecule has 0 aliphatic carbocycles. The lowest BCUT2D eigenvalue weighted by Gasteiger charge is -2.10. The van der Waals surface area contributed by atoms with Gasteiger partial charge in [-0.1, -0.05) is 48.5 Å². The number of sulfonamides is 1. The van der Waals surface area contributed by atoms with Crippen LogP contribution in [0.25, 0.3) is 10.8 Å². The number of nitrogens with zero attached hydrogens (tertiary/aromatic N) is 2. The third-order valence-electron chi connectivity index (χ3n) is 4.38. The van der Waals surface area contributed by atoms with Gasteiger partial charge in [-0.05, 0) is 18.6 Å². The van der Waals surface area contributed by atoms with Crippen molar-refractivity contribution >= 4 is 26.7 Å². The fourth-order valence-corrected chi connectivity index (χ4v) is 3.79. The van der Waals surface area contributed by atoms with Gasteiger partial charge in [-0.15, -0.1) is 0 Å². The molecule has 0 saturated carbocycles. The molecule has 3 rings (SSSR count). The Morgan fingerprint density at radius 2 is 1.69 bits per heavy atom. The van der Waals surface area contributed by atoms with Gasteiger partial charge in [-0.3, -0.25) is 9.59 Å². The summed E-state index contributed by atoms with van der Waals surface area (Å²) in [6.45, 7) is 1.61. The second-order valence-corrected chi connectivity index (χ2v) is 8.50. The maximum Gasteiger partial charge on any atom is 0.275 e. The molecule has 0 aliphatic heterocycles. The highest BCUT2D eigenvalue weighted by Crippen LogP contribution is 2.11. The number of nitrogens with one attached hydrogen (secondary N) is 2. The van der Waals surface area contributed by atoms with Crippen molar-refractivity contribution in [3.8, 4) is 0 Å². The van der Waals surface area contributed by atoms with Crippen LogP contribution in [-0.4, -0.2) is 36.4 Å². The predicted molar refractivity (Wildman–Crippen MR) is 111 cm³/mol. The van der Waals surface area contributed by atoms with Crippen molar-refractivity contribution in [2.75, 3.05) is 12.3 Å². The average Bonchev–Trinajstić information content (AvgIpc) is 2.71. The number of amides is 1. The van der Waals surface area contributed by atoms with Gasteiger partial charge >= 0.3 is 0 Å². The molecule has 0 aliphatic rings. The number of rotatable bonds is 8. The van der Waals surface area contributed by atoms with Crippen LogP contribution in [0.5, 0.6) is 0 Å². The fourth-order valence-electron chi connectivity index (χ4n) is 2.89. The number of aryl methyl sites for hydroxylation is 1. The summed E-state index contributed by atoms with van der Waals surface area (Å²) in [6, 6.07) is 16.2. The van der Waals surface area contributed by atoms with E-state index >= 15 is 0 Å². The standard InChI is InChI=1S/C20H22N4O4S/c1-15-17-9-5-6-10-18(17)20(26)24(23-15)14-19(25)21-11-12-29(27,28)22-13-16-7-3-2-4-8-16/h2-10,22H,11-14H2,1H3,(H,21,25). The molecule has 0 bridgehead atoms. The van der Waals surface area contributed by atoms with Gasteiger partial charge in [0.15, 0.2) is 0 Å². The number of benzene rings is 2. The quantitative estimate of drug-likeness (QED) is 0.570. The van der Waals surface area contributed by atoms with Crippen molar-refractivity contribution in [1.82, 2.24) is 19.8 Å². The third-order valence-corrected chi connectivity index (χ3v) is 5.70. The van der Waals surface area contributed by atoms with E-state index in [1.807, 2.05) is 36.4 Å². The van der Waals surface area contributed by atoms with Crippen LogP contribution in [-0.2, 0) is 27.9 Å². The van der Waals surface area contributed by atoms with Crippen molar-refractivity contribution in [3.05, 3.63) is 76.2 Å². The summed E-state index contributed by atoms with van der Waals surface area (Å²) >= 11 is 0. The van der Waals surface area contributed by atoms with Crippen LogP contribution in [0.4, 0.5) is 0 Å². The second kappa shape index (κ2) is 8.97. The largest absolute Gasteiger partial charge is 0.353 e. The summed E-state index contributed by atoms with van der Waals surface area (Å²) in [5.74, 6) is -0.738. The maximum absolute atomic E-state index is 12.5. The molecule has 0 unspecified atom stereocenters. The normalized spacial score (nSPS) is 11.5. The lowest BCUT2D eigenvalue weighted by atomic mass is 10.1. The van der Waals surface area contributed by atoms with E-state index in [0.717, 1.165) is 15.6 Å². The highest BCUT2D eigenvalue weighted by Gasteiger charge is 2.13. The van der Waals surface area contributed by atoms with E-state index in [9.17, 15) is 18.0 Å². The smallest absolute Gasteiger partial charge is 0.275 e. The van der Waals surface area contributed by atoms with Gasteiger partial charge in [-0.2, -0.15) is 5.10 Å². The minimum absolute atomic E-state index is 0.0652. The number of carbonyl (C=O) groups excluding carboxylic acids is 1. The zero-order valence-electron chi connectivity index (χ0n) is 16.0. The van der Waals surface area contributed by atoms with Gasteiger partial charge in [0.1, 0.15) is 6.54 Å². The maximum atomic E-state index is 12.5. The SMILES string of the molecule is Cc1nn(CC(=O)NCCS(=O)(=O)NCc2ccccc2)c(=O)c2ccccc12. The first-order valence-corrected chi connectivity index (χ1v) is 10.8. The van der Waals surface area contributed by atoms with Crippen molar-refractivity contribution in [1.29, 1.82) is 0 Å². The van der Waals surface area contributed by atoms with E-state index < -0.39 is 15.9 Å². The van der Waals surface area contributed by atoms with E-state index in [1.54, 1.807) is 25.1 Å². The molecule has 1 heterocycles. The fraction of sp³-hybridized carbons (Fsp3) is 0.250. The topological polar surface area (TPSA) is 110 Å². The predicted octanol–water partition coefficient (Wildman–Crippen LogP) is 0.941. The summed E-state index contributed by atoms with van der Waals surface area (Å²) in [4.78, 5) is 24.6. The molecule has 2 aromatic carbocycles. The van der Waals surface area contributed by atoms with E-state index in [1.165, 1.54) is 0 Å². The molecule has 0 saturated heterocycles. The Morgan fingerprint density at radius 3 is 2.41 bits per heavy atom. The minimum Gasteiger partial charge on any atom is -0.353 e. The van der Waals surface area contributed by atoms with Crippen molar-refractivity contribution < 1.29 is 13.2 Å². The molecule has 0 spiro atoms. The number of fused-ring (bicyclic) bond motifs is 1. The molecule has 152 valence electrons. The molecule has 0 atom stereocenters. The molecule has 1 aromatic heterocycles. The van der Waals surface area contributed by atoms with Gasteiger partial charge in [0.05, 0.1) is 16.8 Å². The highest BCUT2D eigenvalue weighted by atomic mass is 32.2. The summed E-state index contributed by atoms with van der Waals surface area (Å²) < 4.78 is 27.7. The van der Waals surface area contributed by atoms with Crippen LogP contribution < -0.4 is 15.6 Å². The Morgan fingerprint density at radius 1 is 1.03 bits per heavy atom. The first-order chi connectivity index (χ1) is 13.9. The number of carbonyl (C=O) groups is 1. The first kappa shape index (κ1) is 20.7. The van der Waals surface area contributed by atoms with E-state index in [-0.39, 0.29) is 30.9 Å². The zero-order valence-corrected chi connectivity index (χ0v) is 16.8. The van der Waals surface area contributed by atoms with Gasteiger partial charge in [0.25, 0.3) is 5.56 Å². The zero-order chi connectivity index (χ0) is 20.9. The van der Waals surface area contributed by atoms with Gasteiger partial charge in [-0.25, -0.2) is 17.8 Å². The van der Waals surface area contributed by atoms with Crippen LogP contribution >= 0.6 is 0 Å². The van der Waals surface area contributed by atoms with Gasteiger partial charge in [0, 0.05) is 18.5 Å². The summed E-state index contributed by atoms with van der Waals surface area (Å²) in [7, 11) is -3.54. The lowest BCUT2D eigenvalue weighted by molar-refractivity contribution is -0.121. The average molecular weight is 414 g/mol. The molecule has 29 heavy (non-hydrogen) atoms. The molecule has 2 N–H and O–H groups in total. The Kier molecular flexibility index (Phi) is 6.40. The van der Waals surface area contributed by atoms with Gasteiger partial charge < -0.3 is 5.32 Å². The number of aromatic nitrogens is 2. The van der Waals surface area contributed by atoms with Crippen LogP contribution in [0.15, 0.2) is 59.4 Å². The third kappa shape index (κ3) is 5.49. The Balaban J connectivity index is 1.54. The molecule has 3 aromatic rings. The van der Waals surface area contributed by atoms with E-state index in [0.29, 0.717) is 11.1 Å². The first-order valence-electron chi connectivity index (χ1n) is 9.10. The minimum atomic E-state index is -3.54. The van der Waals surface area contributed by atoms with Crippen molar-refractivity contribution in [2.45, 2.75) is 20.0 Å². The molecule has 0 radical (unpaired) electrons. The molecule has 1 amide bonds. The van der Waals surface area contributed by atoms with Gasteiger partial charge in [0.2, 0.25) is 15.9 Å². The van der Waals surface area contributed by atoms with Crippen LogP contribution in [0.2, 0.25) is 0 Å². The second-order valence-electron chi connectivity index (χ2n) is 6.57. The number of hydrogen-bond donors (Lipinski definition) is 2. The Hall–Kier alpha value is -3.04. The van der Waals surface area contributed by atoms with Crippen molar-refractivity contribution in [2.24, 2.45) is 0 Å². The highest BCUT2D eigenvalue weighted by molar-refractivity contribution is 7.89. The monoisotopic (exact) mass is 414 g/mol.